The first-order chi connectivity index (χ1) is 11.7. The van der Waals surface area contributed by atoms with Gasteiger partial charge in [0.2, 0.25) is 5.91 Å². The molecule has 0 bridgehead atoms. The maximum atomic E-state index is 12.5. The van der Waals surface area contributed by atoms with E-state index in [2.05, 4.69) is 34.5 Å². The lowest BCUT2D eigenvalue weighted by Gasteiger charge is -2.32. The van der Waals surface area contributed by atoms with Crippen LogP contribution >= 0.6 is 0 Å². The number of amides is 1. The number of benzene rings is 2. The van der Waals surface area contributed by atoms with E-state index < -0.39 is 0 Å². The zero-order valence-electron chi connectivity index (χ0n) is 14.3. The summed E-state index contributed by atoms with van der Waals surface area (Å²) in [5, 5.41) is 3.04. The minimum atomic E-state index is -0.135. The number of carbonyl (C=O) groups is 1. The second-order valence-electron chi connectivity index (χ2n) is 6.23. The summed E-state index contributed by atoms with van der Waals surface area (Å²) in [6.45, 7) is 4.26. The van der Waals surface area contributed by atoms with Crippen molar-refractivity contribution in [3.8, 4) is 5.75 Å². The van der Waals surface area contributed by atoms with E-state index in [0.717, 1.165) is 30.8 Å². The van der Waals surface area contributed by atoms with Crippen molar-refractivity contribution in [2.75, 3.05) is 13.7 Å². The molecule has 0 spiro atoms. The third-order valence-electron chi connectivity index (χ3n) is 4.69. The predicted octanol–water partition coefficient (Wildman–Crippen LogP) is 2.76. The Morgan fingerprint density at radius 3 is 2.79 bits per heavy atom. The second-order valence-corrected chi connectivity index (χ2v) is 6.23. The molecule has 4 heteroatoms. The molecule has 0 saturated carbocycles. The van der Waals surface area contributed by atoms with E-state index in [-0.39, 0.29) is 11.9 Å². The van der Waals surface area contributed by atoms with Gasteiger partial charge in [0.1, 0.15) is 5.75 Å². The average Bonchev–Trinajstić information content (AvgIpc) is 2.65. The number of nitrogens with one attached hydrogen (secondary N) is 1. The second kappa shape index (κ2) is 7.49. The Labute approximate surface area is 143 Å². The molecule has 3 rings (SSSR count). The zero-order valence-corrected chi connectivity index (χ0v) is 14.3. The van der Waals surface area contributed by atoms with Gasteiger partial charge in [0.25, 0.3) is 0 Å². The van der Waals surface area contributed by atoms with Crippen LogP contribution in [0.4, 0.5) is 0 Å². The van der Waals surface area contributed by atoms with Crippen LogP contribution in [0, 0.1) is 0 Å². The Morgan fingerprint density at radius 1 is 1.21 bits per heavy atom. The maximum absolute atomic E-state index is 12.5. The first-order valence-corrected chi connectivity index (χ1v) is 8.39. The lowest BCUT2D eigenvalue weighted by atomic mass is 9.99. The van der Waals surface area contributed by atoms with Gasteiger partial charge in [-0.2, -0.15) is 0 Å². The molecule has 0 radical (unpaired) electrons. The van der Waals surface area contributed by atoms with Crippen LogP contribution < -0.4 is 10.1 Å². The van der Waals surface area contributed by atoms with Crippen LogP contribution in [0.2, 0.25) is 0 Å². The first kappa shape index (κ1) is 16.5. The molecule has 2 aromatic carbocycles. The van der Waals surface area contributed by atoms with Crippen LogP contribution in [-0.2, 0) is 24.3 Å². The van der Waals surface area contributed by atoms with Crippen molar-refractivity contribution in [3.63, 3.8) is 0 Å². The molecule has 1 heterocycles. The standard InChI is InChI=1S/C20H24N2O2/c1-15(22-11-10-17-7-3-4-8-18(17)14-22)20(23)21-13-16-6-5-9-19(12-16)24-2/h3-9,12,15H,10-11,13-14H2,1-2H3,(H,21,23). The maximum Gasteiger partial charge on any atom is 0.237 e. The van der Waals surface area contributed by atoms with Crippen molar-refractivity contribution in [2.24, 2.45) is 0 Å². The van der Waals surface area contributed by atoms with Crippen molar-refractivity contribution < 1.29 is 9.53 Å². The molecular formula is C20H24N2O2. The van der Waals surface area contributed by atoms with Crippen molar-refractivity contribution in [1.82, 2.24) is 10.2 Å². The predicted molar refractivity (Wildman–Crippen MR) is 94.9 cm³/mol. The van der Waals surface area contributed by atoms with Gasteiger partial charge in [0, 0.05) is 19.6 Å². The Kier molecular flexibility index (Phi) is 5.16. The van der Waals surface area contributed by atoms with E-state index in [1.807, 2.05) is 31.2 Å². The number of hydrogen-bond donors (Lipinski definition) is 1. The Balaban J connectivity index is 1.57. The fraction of sp³-hybridized carbons (Fsp3) is 0.350. The van der Waals surface area contributed by atoms with Gasteiger partial charge in [-0.05, 0) is 42.2 Å². The fourth-order valence-electron chi connectivity index (χ4n) is 3.13. The van der Waals surface area contributed by atoms with E-state index in [9.17, 15) is 4.79 Å². The number of ether oxygens (including phenoxy) is 1. The highest BCUT2D eigenvalue weighted by Gasteiger charge is 2.24. The monoisotopic (exact) mass is 324 g/mol. The van der Waals surface area contributed by atoms with Crippen LogP contribution in [0.5, 0.6) is 5.75 Å². The summed E-state index contributed by atoms with van der Waals surface area (Å²) in [6, 6.07) is 16.1. The summed E-state index contributed by atoms with van der Waals surface area (Å²) in [7, 11) is 1.65. The minimum absolute atomic E-state index is 0.0669. The molecule has 0 fully saturated rings. The van der Waals surface area contributed by atoms with Crippen molar-refractivity contribution in [3.05, 3.63) is 65.2 Å². The summed E-state index contributed by atoms with van der Waals surface area (Å²) in [6.07, 6.45) is 1.00. The molecule has 0 saturated heterocycles. The number of carbonyl (C=O) groups excluding carboxylic acids is 1. The first-order valence-electron chi connectivity index (χ1n) is 8.39. The SMILES string of the molecule is COc1cccc(CNC(=O)C(C)N2CCc3ccccc3C2)c1. The fourth-order valence-corrected chi connectivity index (χ4v) is 3.13. The molecular weight excluding hydrogens is 300 g/mol. The van der Waals surface area contributed by atoms with Gasteiger partial charge in [-0.25, -0.2) is 0 Å². The van der Waals surface area contributed by atoms with Crippen LogP contribution in [0.1, 0.15) is 23.6 Å². The molecule has 1 aliphatic heterocycles. The molecule has 1 aliphatic rings. The Hall–Kier alpha value is -2.33. The molecule has 0 aliphatic carbocycles. The van der Waals surface area contributed by atoms with Gasteiger partial charge in [0.15, 0.2) is 0 Å². The number of fused-ring (bicyclic) bond motifs is 1. The normalized spacial score (nSPS) is 15.4. The van der Waals surface area contributed by atoms with Gasteiger partial charge in [0.05, 0.1) is 13.2 Å². The molecule has 1 atom stereocenters. The number of methoxy groups -OCH3 is 1. The Bertz CT molecular complexity index is 714. The molecule has 1 amide bonds. The van der Waals surface area contributed by atoms with Gasteiger partial charge in [-0.1, -0.05) is 36.4 Å². The highest BCUT2D eigenvalue weighted by molar-refractivity contribution is 5.81. The van der Waals surface area contributed by atoms with Gasteiger partial charge < -0.3 is 10.1 Å². The Morgan fingerprint density at radius 2 is 2.00 bits per heavy atom. The van der Waals surface area contributed by atoms with E-state index in [1.54, 1.807) is 7.11 Å². The summed E-state index contributed by atoms with van der Waals surface area (Å²) in [5.74, 6) is 0.875. The highest BCUT2D eigenvalue weighted by atomic mass is 16.5. The lowest BCUT2D eigenvalue weighted by Crippen LogP contribution is -2.46. The van der Waals surface area contributed by atoms with Crippen LogP contribution in [0.15, 0.2) is 48.5 Å². The topological polar surface area (TPSA) is 41.6 Å². The summed E-state index contributed by atoms with van der Waals surface area (Å²) < 4.78 is 5.22. The number of rotatable bonds is 5. The molecule has 1 unspecified atom stereocenters. The summed E-state index contributed by atoms with van der Waals surface area (Å²) in [4.78, 5) is 14.7. The minimum Gasteiger partial charge on any atom is -0.497 e. The van der Waals surface area contributed by atoms with Crippen LogP contribution in [0.3, 0.4) is 0 Å². The number of hydrogen-bond acceptors (Lipinski definition) is 3. The molecule has 1 N–H and O–H groups in total. The van der Waals surface area contributed by atoms with Gasteiger partial charge in [-0.15, -0.1) is 0 Å². The summed E-state index contributed by atoms with van der Waals surface area (Å²) in [5.41, 5.74) is 3.77. The quantitative estimate of drug-likeness (QED) is 0.919. The van der Waals surface area contributed by atoms with Gasteiger partial charge in [-0.3, -0.25) is 9.69 Å². The van der Waals surface area contributed by atoms with Crippen LogP contribution in [-0.4, -0.2) is 30.5 Å². The molecule has 2 aromatic rings. The third kappa shape index (κ3) is 3.77. The molecule has 0 aromatic heterocycles. The zero-order chi connectivity index (χ0) is 16.9. The van der Waals surface area contributed by atoms with E-state index in [4.69, 9.17) is 4.74 Å². The largest absolute Gasteiger partial charge is 0.497 e. The van der Waals surface area contributed by atoms with Crippen molar-refractivity contribution in [2.45, 2.75) is 32.5 Å². The molecule has 126 valence electrons. The van der Waals surface area contributed by atoms with E-state index in [0.29, 0.717) is 6.54 Å². The summed E-state index contributed by atoms with van der Waals surface area (Å²) >= 11 is 0. The van der Waals surface area contributed by atoms with Crippen molar-refractivity contribution >= 4 is 5.91 Å². The molecule has 24 heavy (non-hydrogen) atoms. The van der Waals surface area contributed by atoms with Gasteiger partial charge >= 0.3 is 0 Å². The number of nitrogens with zero attached hydrogens (tertiary/aromatic N) is 1. The van der Waals surface area contributed by atoms with Crippen LogP contribution in [0.25, 0.3) is 0 Å². The van der Waals surface area contributed by atoms with E-state index in [1.165, 1.54) is 11.1 Å². The molecule has 4 nitrogen and oxygen atoms in total. The lowest BCUT2D eigenvalue weighted by molar-refractivity contribution is -0.126. The average molecular weight is 324 g/mol. The van der Waals surface area contributed by atoms with E-state index >= 15 is 0 Å². The highest BCUT2D eigenvalue weighted by Crippen LogP contribution is 2.20. The third-order valence-corrected chi connectivity index (χ3v) is 4.69. The smallest absolute Gasteiger partial charge is 0.237 e. The van der Waals surface area contributed by atoms with Crippen molar-refractivity contribution in [1.29, 1.82) is 0 Å².